The van der Waals surface area contributed by atoms with Gasteiger partial charge in [0, 0.05) is 5.70 Å². The molecule has 8 nitrogen and oxygen atoms in total. The third-order valence-corrected chi connectivity index (χ3v) is 5.96. The Kier molecular flexibility index (Phi) is 6.86. The molecule has 0 amide bonds. The molecule has 0 saturated heterocycles. The molecule has 0 saturated carbocycles. The van der Waals surface area contributed by atoms with Crippen LogP contribution in [0.15, 0.2) is 71.5 Å². The molecular formula is C22H24N4O4S. The van der Waals surface area contributed by atoms with Crippen LogP contribution in [0.25, 0.3) is 5.57 Å². The molecule has 0 aliphatic heterocycles. The monoisotopic (exact) mass is 440 g/mol. The fraction of sp³-hybridized carbons (Fsp3) is 0.227. The Bertz CT molecular complexity index is 1180. The first-order chi connectivity index (χ1) is 14.8. The molecular weight excluding hydrogens is 416 g/mol. The zero-order valence-corrected chi connectivity index (χ0v) is 18.4. The number of hydrogen-bond donors (Lipinski definition) is 1. The van der Waals surface area contributed by atoms with Crippen LogP contribution in [-0.2, 0) is 26.1 Å². The van der Waals surface area contributed by atoms with Crippen LogP contribution in [0.5, 0.6) is 0 Å². The third kappa shape index (κ3) is 5.37. The Morgan fingerprint density at radius 1 is 1.10 bits per heavy atom. The number of carbonyl (C=O) groups is 1. The van der Waals surface area contributed by atoms with Gasteiger partial charge in [0.25, 0.3) is 10.0 Å². The van der Waals surface area contributed by atoms with Gasteiger partial charge in [-0.25, -0.2) is 22.9 Å². The predicted octanol–water partition coefficient (Wildman–Crippen LogP) is 2.91. The fourth-order valence-electron chi connectivity index (χ4n) is 2.97. The lowest BCUT2D eigenvalue weighted by Crippen LogP contribution is -2.26. The maximum Gasteiger partial charge on any atom is 0.343 e. The summed E-state index contributed by atoms with van der Waals surface area (Å²) in [6.45, 7) is 5.53. The molecule has 3 aromatic rings. The fourth-order valence-corrected chi connectivity index (χ4v) is 4.09. The van der Waals surface area contributed by atoms with Gasteiger partial charge < -0.3 is 4.74 Å². The summed E-state index contributed by atoms with van der Waals surface area (Å²) in [5.74, 6) is -0.472. The molecule has 0 aliphatic carbocycles. The van der Waals surface area contributed by atoms with Crippen LogP contribution < -0.4 is 4.72 Å². The molecule has 31 heavy (non-hydrogen) atoms. The number of nitrogens with one attached hydrogen (secondary N) is 1. The number of allylic oxidation sites excluding steroid dienone is 1. The summed E-state index contributed by atoms with van der Waals surface area (Å²) >= 11 is 0. The number of ether oxygens (including phenoxy) is 1. The lowest BCUT2D eigenvalue weighted by molar-refractivity contribution is -0.136. The van der Waals surface area contributed by atoms with Gasteiger partial charge in [-0.2, -0.15) is 5.10 Å². The molecule has 0 radical (unpaired) electrons. The van der Waals surface area contributed by atoms with E-state index in [1.54, 1.807) is 19.1 Å². The van der Waals surface area contributed by atoms with Crippen molar-refractivity contribution in [1.29, 1.82) is 0 Å². The van der Waals surface area contributed by atoms with Gasteiger partial charge in [0.1, 0.15) is 11.9 Å². The Labute approximate surface area is 181 Å². The molecule has 3 rings (SSSR count). The van der Waals surface area contributed by atoms with Gasteiger partial charge in [-0.05, 0) is 38.5 Å². The maximum atomic E-state index is 12.8. The number of carbonyl (C=O) groups excluding carboxylic acids is 1. The van der Waals surface area contributed by atoms with E-state index in [9.17, 15) is 13.2 Å². The minimum Gasteiger partial charge on any atom is -0.462 e. The zero-order chi connectivity index (χ0) is 22.4. The number of nitrogens with zero attached hydrogens (tertiary/aromatic N) is 3. The van der Waals surface area contributed by atoms with Crippen LogP contribution in [0.3, 0.4) is 0 Å². The number of aryl methyl sites for hydroxylation is 1. The van der Waals surface area contributed by atoms with Crippen molar-refractivity contribution in [3.05, 3.63) is 83.6 Å². The summed E-state index contributed by atoms with van der Waals surface area (Å²) < 4.78 is 34.9. The van der Waals surface area contributed by atoms with E-state index >= 15 is 0 Å². The minimum absolute atomic E-state index is 0.00553. The second-order valence-corrected chi connectivity index (χ2v) is 8.55. The van der Waals surface area contributed by atoms with Crippen molar-refractivity contribution in [2.24, 2.45) is 0 Å². The molecule has 2 aromatic carbocycles. The van der Waals surface area contributed by atoms with Crippen molar-refractivity contribution >= 4 is 21.6 Å². The topological polar surface area (TPSA) is 103 Å². The molecule has 0 fully saturated rings. The first kappa shape index (κ1) is 22.2. The molecule has 1 aromatic heterocycles. The SMILES string of the molecule is CCOC(=O)/C(=C(\C)NS(=O)(=O)c1ccc(C)cc1)c1ncnn1Cc1ccccc1. The number of hydrogen-bond acceptors (Lipinski definition) is 6. The van der Waals surface area contributed by atoms with Crippen molar-refractivity contribution in [2.45, 2.75) is 32.2 Å². The molecule has 162 valence electrons. The highest BCUT2D eigenvalue weighted by molar-refractivity contribution is 7.89. The number of rotatable bonds is 8. The van der Waals surface area contributed by atoms with Gasteiger partial charge >= 0.3 is 5.97 Å². The van der Waals surface area contributed by atoms with Crippen molar-refractivity contribution in [3.63, 3.8) is 0 Å². The van der Waals surface area contributed by atoms with E-state index < -0.39 is 16.0 Å². The van der Waals surface area contributed by atoms with E-state index in [1.807, 2.05) is 37.3 Å². The summed E-state index contributed by atoms with van der Waals surface area (Å²) in [5.41, 5.74) is 2.00. The third-order valence-electron chi connectivity index (χ3n) is 4.49. The highest BCUT2D eigenvalue weighted by Crippen LogP contribution is 2.20. The first-order valence-corrected chi connectivity index (χ1v) is 11.2. The molecule has 0 bridgehead atoms. The Balaban J connectivity index is 2.01. The van der Waals surface area contributed by atoms with Crippen molar-refractivity contribution < 1.29 is 17.9 Å². The number of sulfonamides is 1. The van der Waals surface area contributed by atoms with Gasteiger partial charge in [0.15, 0.2) is 5.82 Å². The summed E-state index contributed by atoms with van der Waals surface area (Å²) in [6, 6.07) is 16.0. The summed E-state index contributed by atoms with van der Waals surface area (Å²) in [7, 11) is -3.91. The minimum atomic E-state index is -3.91. The van der Waals surface area contributed by atoms with Gasteiger partial charge in [0.2, 0.25) is 0 Å². The lowest BCUT2D eigenvalue weighted by Gasteiger charge is -2.14. The van der Waals surface area contributed by atoms with E-state index in [0.29, 0.717) is 6.54 Å². The summed E-state index contributed by atoms with van der Waals surface area (Å²) in [5, 5.41) is 4.21. The van der Waals surface area contributed by atoms with E-state index in [0.717, 1.165) is 11.1 Å². The lowest BCUT2D eigenvalue weighted by atomic mass is 10.2. The van der Waals surface area contributed by atoms with E-state index in [-0.39, 0.29) is 28.6 Å². The van der Waals surface area contributed by atoms with Gasteiger partial charge in [-0.3, -0.25) is 4.72 Å². The van der Waals surface area contributed by atoms with Gasteiger partial charge in [-0.1, -0.05) is 48.0 Å². The number of aromatic nitrogens is 3. The Hall–Kier alpha value is -3.46. The average molecular weight is 441 g/mol. The second kappa shape index (κ2) is 9.57. The van der Waals surface area contributed by atoms with Crippen LogP contribution in [0.2, 0.25) is 0 Å². The van der Waals surface area contributed by atoms with E-state index in [1.165, 1.54) is 30.1 Å². The molecule has 1 N–H and O–H groups in total. The molecule has 0 unspecified atom stereocenters. The summed E-state index contributed by atoms with van der Waals surface area (Å²) in [6.07, 6.45) is 1.32. The van der Waals surface area contributed by atoms with Crippen LogP contribution in [0.4, 0.5) is 0 Å². The van der Waals surface area contributed by atoms with E-state index in [2.05, 4.69) is 14.8 Å². The smallest absolute Gasteiger partial charge is 0.343 e. The van der Waals surface area contributed by atoms with Gasteiger partial charge in [-0.15, -0.1) is 0 Å². The molecule has 0 spiro atoms. The predicted molar refractivity (Wildman–Crippen MR) is 116 cm³/mol. The molecule has 0 aliphatic rings. The molecule has 9 heteroatoms. The van der Waals surface area contributed by atoms with Crippen molar-refractivity contribution in [1.82, 2.24) is 19.5 Å². The Morgan fingerprint density at radius 3 is 2.42 bits per heavy atom. The quantitative estimate of drug-likeness (QED) is 0.427. The molecule has 0 atom stereocenters. The largest absolute Gasteiger partial charge is 0.462 e. The van der Waals surface area contributed by atoms with Gasteiger partial charge in [0.05, 0.1) is 18.0 Å². The van der Waals surface area contributed by atoms with E-state index in [4.69, 9.17) is 4.74 Å². The van der Waals surface area contributed by atoms with Crippen LogP contribution >= 0.6 is 0 Å². The first-order valence-electron chi connectivity index (χ1n) is 9.71. The normalized spacial score (nSPS) is 12.2. The summed E-state index contributed by atoms with van der Waals surface area (Å²) in [4.78, 5) is 17.1. The van der Waals surface area contributed by atoms with Crippen LogP contribution in [-0.4, -0.2) is 35.8 Å². The number of esters is 1. The van der Waals surface area contributed by atoms with Crippen molar-refractivity contribution in [3.8, 4) is 0 Å². The second-order valence-electron chi connectivity index (χ2n) is 6.87. The average Bonchev–Trinajstić information content (AvgIpc) is 3.16. The van der Waals surface area contributed by atoms with Crippen LogP contribution in [0, 0.1) is 6.92 Å². The highest BCUT2D eigenvalue weighted by atomic mass is 32.2. The zero-order valence-electron chi connectivity index (χ0n) is 17.6. The number of benzene rings is 2. The van der Waals surface area contributed by atoms with Crippen LogP contribution in [0.1, 0.15) is 30.8 Å². The highest BCUT2D eigenvalue weighted by Gasteiger charge is 2.25. The maximum absolute atomic E-state index is 12.8. The molecule has 1 heterocycles. The Morgan fingerprint density at radius 2 is 1.77 bits per heavy atom. The standard InChI is InChI=1S/C22H24N4O4S/c1-4-30-22(27)20(17(3)25-31(28,29)19-12-10-16(2)11-13-19)21-23-15-24-26(21)14-18-8-6-5-7-9-18/h5-13,15,25H,4,14H2,1-3H3/b20-17+. The van der Waals surface area contributed by atoms with Crippen molar-refractivity contribution in [2.75, 3.05) is 6.61 Å².